The second kappa shape index (κ2) is 5.73. The number of nitrogens with zero attached hydrogens (tertiary/aromatic N) is 1. The van der Waals surface area contributed by atoms with Crippen LogP contribution >= 0.6 is 23.6 Å². The van der Waals surface area contributed by atoms with Crippen LogP contribution in [-0.4, -0.2) is 41.6 Å². The van der Waals surface area contributed by atoms with Crippen molar-refractivity contribution in [3.63, 3.8) is 0 Å². The van der Waals surface area contributed by atoms with E-state index in [1.807, 2.05) is 11.8 Å². The van der Waals surface area contributed by atoms with Crippen molar-refractivity contribution in [2.75, 3.05) is 20.2 Å². The van der Waals surface area contributed by atoms with E-state index < -0.39 is 0 Å². The summed E-state index contributed by atoms with van der Waals surface area (Å²) >= 11 is 6.60. The van der Waals surface area contributed by atoms with Crippen molar-refractivity contribution in [3.05, 3.63) is 14.5 Å². The van der Waals surface area contributed by atoms with Gasteiger partial charge in [-0.1, -0.05) is 0 Å². The number of amides is 1. The molecule has 0 aliphatic carbocycles. The van der Waals surface area contributed by atoms with Crippen LogP contribution in [0.15, 0.2) is 0 Å². The fourth-order valence-corrected chi connectivity index (χ4v) is 3.72. The third kappa shape index (κ3) is 3.43. The van der Waals surface area contributed by atoms with Gasteiger partial charge in [0.1, 0.15) is 0 Å². The van der Waals surface area contributed by atoms with Crippen molar-refractivity contribution in [2.24, 2.45) is 0 Å². The number of thiazole rings is 1. The number of aryl methyl sites for hydroxylation is 1. The van der Waals surface area contributed by atoms with E-state index in [4.69, 9.17) is 17.0 Å². The first-order valence-electron chi connectivity index (χ1n) is 6.45. The predicted molar refractivity (Wildman–Crippen MR) is 79.2 cm³/mol. The van der Waals surface area contributed by atoms with Gasteiger partial charge in [-0.15, -0.1) is 11.3 Å². The molecule has 0 radical (unpaired) electrons. The topological polar surface area (TPSA) is 45.3 Å². The van der Waals surface area contributed by atoms with Gasteiger partial charge in [-0.2, -0.15) is 0 Å². The van der Waals surface area contributed by atoms with Gasteiger partial charge in [-0.3, -0.25) is 4.79 Å². The minimum absolute atomic E-state index is 0.163. The standard InChI is InChI=1S/C13H20N2O2S2/c1-9-10(19-12(18)14-9)7-11(16)15-6-4-5-13(2,8-15)17-3/h4-8H2,1-3H3,(H,14,18). The van der Waals surface area contributed by atoms with Crippen LogP contribution in [0.4, 0.5) is 0 Å². The first-order chi connectivity index (χ1) is 8.93. The van der Waals surface area contributed by atoms with Crippen LogP contribution in [0.1, 0.15) is 30.3 Å². The van der Waals surface area contributed by atoms with Crippen LogP contribution in [0.3, 0.4) is 0 Å². The lowest BCUT2D eigenvalue weighted by Crippen LogP contribution is -2.50. The van der Waals surface area contributed by atoms with E-state index in [1.54, 1.807) is 7.11 Å². The van der Waals surface area contributed by atoms with Crippen LogP contribution in [0, 0.1) is 10.9 Å². The molecule has 1 N–H and O–H groups in total. The van der Waals surface area contributed by atoms with E-state index in [-0.39, 0.29) is 11.5 Å². The van der Waals surface area contributed by atoms with Gasteiger partial charge < -0.3 is 14.6 Å². The number of H-pyrrole nitrogens is 1. The Morgan fingerprint density at radius 3 is 2.95 bits per heavy atom. The van der Waals surface area contributed by atoms with Gasteiger partial charge in [0.2, 0.25) is 5.91 Å². The number of rotatable bonds is 3. The van der Waals surface area contributed by atoms with Crippen molar-refractivity contribution >= 4 is 29.5 Å². The number of methoxy groups -OCH3 is 1. The third-order valence-corrected chi connectivity index (χ3v) is 5.08. The van der Waals surface area contributed by atoms with Crippen LogP contribution < -0.4 is 0 Å². The Bertz CT molecular complexity index is 523. The summed E-state index contributed by atoms with van der Waals surface area (Å²) in [5, 5.41) is 0. The molecule has 1 amide bonds. The van der Waals surface area contributed by atoms with Gasteiger partial charge in [0, 0.05) is 30.8 Å². The number of piperidine rings is 1. The summed E-state index contributed by atoms with van der Waals surface area (Å²) in [7, 11) is 1.72. The second-order valence-corrected chi connectivity index (χ2v) is 7.08. The normalized spacial score (nSPS) is 23.6. The maximum atomic E-state index is 12.4. The highest BCUT2D eigenvalue weighted by atomic mass is 32.1. The number of likely N-dealkylation sites (tertiary alicyclic amines) is 1. The van der Waals surface area contributed by atoms with E-state index >= 15 is 0 Å². The maximum absolute atomic E-state index is 12.4. The predicted octanol–water partition coefficient (Wildman–Crippen LogP) is 2.68. The molecule has 1 aromatic heterocycles. The minimum atomic E-state index is -0.201. The molecule has 1 saturated heterocycles. The molecule has 2 rings (SSSR count). The second-order valence-electron chi connectivity index (χ2n) is 5.31. The highest BCUT2D eigenvalue weighted by molar-refractivity contribution is 7.73. The monoisotopic (exact) mass is 300 g/mol. The molecule has 1 aliphatic heterocycles. The van der Waals surface area contributed by atoms with Crippen LogP contribution in [-0.2, 0) is 16.0 Å². The van der Waals surface area contributed by atoms with E-state index in [9.17, 15) is 4.79 Å². The van der Waals surface area contributed by atoms with Crippen LogP contribution in [0.2, 0.25) is 0 Å². The summed E-state index contributed by atoms with van der Waals surface area (Å²) in [6, 6.07) is 0. The first kappa shape index (κ1) is 14.7. The van der Waals surface area contributed by atoms with E-state index in [1.165, 1.54) is 11.3 Å². The average molecular weight is 300 g/mol. The molecule has 19 heavy (non-hydrogen) atoms. The van der Waals surface area contributed by atoms with Crippen molar-refractivity contribution in [1.82, 2.24) is 9.88 Å². The zero-order chi connectivity index (χ0) is 14.0. The molecule has 0 saturated carbocycles. The highest BCUT2D eigenvalue weighted by Crippen LogP contribution is 2.25. The maximum Gasteiger partial charge on any atom is 0.227 e. The number of hydrogen-bond acceptors (Lipinski definition) is 4. The zero-order valence-corrected chi connectivity index (χ0v) is 13.2. The molecule has 6 heteroatoms. The molecule has 1 unspecified atom stereocenters. The molecule has 106 valence electrons. The van der Waals surface area contributed by atoms with Gasteiger partial charge in [0.05, 0.1) is 12.0 Å². The van der Waals surface area contributed by atoms with Crippen LogP contribution in [0.5, 0.6) is 0 Å². The number of aromatic amines is 1. The smallest absolute Gasteiger partial charge is 0.227 e. The van der Waals surface area contributed by atoms with Crippen molar-refractivity contribution < 1.29 is 9.53 Å². The van der Waals surface area contributed by atoms with Crippen molar-refractivity contribution in [2.45, 2.75) is 38.7 Å². The number of ether oxygens (including phenoxy) is 1. The van der Waals surface area contributed by atoms with Crippen molar-refractivity contribution in [1.29, 1.82) is 0 Å². The van der Waals surface area contributed by atoms with Crippen molar-refractivity contribution in [3.8, 4) is 0 Å². The minimum Gasteiger partial charge on any atom is -0.377 e. The van der Waals surface area contributed by atoms with E-state index in [2.05, 4.69) is 11.9 Å². The average Bonchev–Trinajstić information content (AvgIpc) is 2.68. The largest absolute Gasteiger partial charge is 0.377 e. The summed E-state index contributed by atoms with van der Waals surface area (Å²) < 4.78 is 6.26. The molecular weight excluding hydrogens is 280 g/mol. The lowest BCUT2D eigenvalue weighted by molar-refractivity contribution is -0.138. The lowest BCUT2D eigenvalue weighted by atomic mass is 9.94. The van der Waals surface area contributed by atoms with Gasteiger partial charge in [-0.05, 0) is 38.9 Å². The highest BCUT2D eigenvalue weighted by Gasteiger charge is 2.33. The summed E-state index contributed by atoms with van der Waals surface area (Å²) in [4.78, 5) is 18.4. The fourth-order valence-electron chi connectivity index (χ4n) is 2.44. The Labute approximate surface area is 122 Å². The number of hydrogen-bond donors (Lipinski definition) is 1. The van der Waals surface area contributed by atoms with E-state index in [0.29, 0.717) is 13.0 Å². The molecule has 1 fully saturated rings. The molecule has 2 heterocycles. The molecule has 0 aromatic carbocycles. The SMILES string of the molecule is COC1(C)CCCN(C(=O)Cc2sc(=S)[nH]c2C)C1. The Hall–Kier alpha value is -0.720. The molecule has 1 aromatic rings. The molecule has 1 aliphatic rings. The molecule has 4 nitrogen and oxygen atoms in total. The number of nitrogens with one attached hydrogen (secondary N) is 1. The van der Waals surface area contributed by atoms with Crippen LogP contribution in [0.25, 0.3) is 0 Å². The number of aromatic nitrogens is 1. The Morgan fingerprint density at radius 2 is 2.37 bits per heavy atom. The summed E-state index contributed by atoms with van der Waals surface area (Å²) in [6.45, 7) is 5.53. The van der Waals surface area contributed by atoms with Gasteiger partial charge >= 0.3 is 0 Å². The molecular formula is C13H20N2O2S2. The first-order valence-corrected chi connectivity index (χ1v) is 7.67. The van der Waals surface area contributed by atoms with Gasteiger partial charge in [0.15, 0.2) is 3.95 Å². The summed E-state index contributed by atoms with van der Waals surface area (Å²) in [5.41, 5.74) is 0.808. The molecule has 0 bridgehead atoms. The molecule has 0 spiro atoms. The Balaban J connectivity index is 2.04. The van der Waals surface area contributed by atoms with Gasteiger partial charge in [-0.25, -0.2) is 0 Å². The quantitative estimate of drug-likeness (QED) is 0.873. The number of carbonyl (C=O) groups excluding carboxylic acids is 1. The third-order valence-electron chi connectivity index (χ3n) is 3.74. The lowest BCUT2D eigenvalue weighted by Gasteiger charge is -2.39. The zero-order valence-electron chi connectivity index (χ0n) is 11.6. The summed E-state index contributed by atoms with van der Waals surface area (Å²) in [5.74, 6) is 0.163. The Kier molecular flexibility index (Phi) is 4.43. The van der Waals surface area contributed by atoms with E-state index in [0.717, 1.165) is 33.9 Å². The summed E-state index contributed by atoms with van der Waals surface area (Å²) in [6.07, 6.45) is 2.44. The van der Waals surface area contributed by atoms with Gasteiger partial charge in [0.25, 0.3) is 0 Å². The number of carbonyl (C=O) groups is 1. The fraction of sp³-hybridized carbons (Fsp3) is 0.692. The Morgan fingerprint density at radius 1 is 1.63 bits per heavy atom. The molecule has 1 atom stereocenters.